The van der Waals surface area contributed by atoms with E-state index in [4.69, 9.17) is 0 Å². The lowest BCUT2D eigenvalue weighted by Gasteiger charge is -2.30. The highest BCUT2D eigenvalue weighted by molar-refractivity contribution is 4.80. The zero-order valence-electron chi connectivity index (χ0n) is 10.6. The first kappa shape index (κ1) is 14.4. The summed E-state index contributed by atoms with van der Waals surface area (Å²) < 4.78 is 0. The fraction of sp³-hybridized carbons (Fsp3) is 0.692. The second-order valence-electron chi connectivity index (χ2n) is 4.18. The summed E-state index contributed by atoms with van der Waals surface area (Å²) in [6.07, 6.45) is 6.40. The summed E-state index contributed by atoms with van der Waals surface area (Å²) in [6.45, 7) is 12.8. The van der Waals surface area contributed by atoms with Crippen LogP contribution in [0.3, 0.4) is 0 Å². The van der Waals surface area contributed by atoms with Crippen LogP contribution in [0.15, 0.2) is 25.3 Å². The monoisotopic (exact) mass is 210 g/mol. The fourth-order valence-electron chi connectivity index (χ4n) is 1.79. The Balaban J connectivity index is 4.11. The molecule has 0 N–H and O–H groups in total. The van der Waals surface area contributed by atoms with Gasteiger partial charge >= 0.3 is 0 Å². The van der Waals surface area contributed by atoms with Crippen LogP contribution in [-0.2, 0) is 0 Å². The first-order valence-electron chi connectivity index (χ1n) is 5.76. The minimum absolute atomic E-state index is 0.623. The third-order valence-electron chi connectivity index (χ3n) is 2.63. The van der Waals surface area contributed by atoms with Gasteiger partial charge in [-0.25, -0.2) is 0 Å². The molecule has 1 atom stereocenters. The van der Waals surface area contributed by atoms with E-state index in [0.29, 0.717) is 6.04 Å². The number of hydrogen-bond acceptors (Lipinski definition) is 2. The quantitative estimate of drug-likeness (QED) is 0.539. The summed E-state index contributed by atoms with van der Waals surface area (Å²) in [7, 11) is 4.32. The van der Waals surface area contributed by atoms with Crippen molar-refractivity contribution in [3.8, 4) is 0 Å². The normalized spacial score (nSPS) is 13.1. The minimum atomic E-state index is 0.623. The molecule has 0 amide bonds. The van der Waals surface area contributed by atoms with Crippen molar-refractivity contribution in [2.24, 2.45) is 0 Å². The summed E-state index contributed by atoms with van der Waals surface area (Å²) in [5, 5.41) is 0. The van der Waals surface area contributed by atoms with Crippen LogP contribution in [0.4, 0.5) is 0 Å². The molecular weight excluding hydrogens is 184 g/mol. The Hall–Kier alpha value is -0.600. The van der Waals surface area contributed by atoms with Crippen molar-refractivity contribution >= 4 is 0 Å². The van der Waals surface area contributed by atoms with E-state index in [0.717, 1.165) is 19.6 Å². The number of likely N-dealkylation sites (N-methyl/N-ethyl adjacent to an activating group) is 2. The molecular formula is C13H26N2. The molecule has 15 heavy (non-hydrogen) atoms. The Kier molecular flexibility index (Phi) is 8.34. The summed E-state index contributed by atoms with van der Waals surface area (Å²) in [5.74, 6) is 0. The highest BCUT2D eigenvalue weighted by atomic mass is 15.2. The third kappa shape index (κ3) is 6.47. The van der Waals surface area contributed by atoms with Gasteiger partial charge in [-0.3, -0.25) is 4.90 Å². The van der Waals surface area contributed by atoms with Gasteiger partial charge in [0.05, 0.1) is 0 Å². The van der Waals surface area contributed by atoms with E-state index < -0.39 is 0 Å². The maximum Gasteiger partial charge on any atom is 0.0223 e. The molecule has 0 radical (unpaired) electrons. The van der Waals surface area contributed by atoms with Crippen LogP contribution >= 0.6 is 0 Å². The highest BCUT2D eigenvalue weighted by Crippen LogP contribution is 2.06. The SMILES string of the molecule is C=CCN(C)CC(CCC)N(C)CC=C. The van der Waals surface area contributed by atoms with Crippen LogP contribution < -0.4 is 0 Å². The number of hydrogen-bond donors (Lipinski definition) is 0. The van der Waals surface area contributed by atoms with Crippen LogP contribution in [0.2, 0.25) is 0 Å². The van der Waals surface area contributed by atoms with Crippen molar-refractivity contribution in [2.75, 3.05) is 33.7 Å². The van der Waals surface area contributed by atoms with Crippen LogP contribution in [0.5, 0.6) is 0 Å². The average Bonchev–Trinajstić information content (AvgIpc) is 2.18. The second kappa shape index (κ2) is 8.69. The van der Waals surface area contributed by atoms with Gasteiger partial charge in [-0.2, -0.15) is 0 Å². The average molecular weight is 210 g/mol. The van der Waals surface area contributed by atoms with E-state index in [1.165, 1.54) is 12.8 Å². The van der Waals surface area contributed by atoms with E-state index in [9.17, 15) is 0 Å². The molecule has 0 aromatic heterocycles. The molecule has 0 aliphatic rings. The lowest BCUT2D eigenvalue weighted by molar-refractivity contribution is 0.191. The maximum atomic E-state index is 3.79. The van der Waals surface area contributed by atoms with E-state index >= 15 is 0 Å². The Bertz CT molecular complexity index is 177. The Morgan fingerprint density at radius 3 is 2.20 bits per heavy atom. The lowest BCUT2D eigenvalue weighted by atomic mass is 10.1. The Morgan fingerprint density at radius 1 is 1.13 bits per heavy atom. The second-order valence-corrected chi connectivity index (χ2v) is 4.18. The van der Waals surface area contributed by atoms with Crippen molar-refractivity contribution in [3.05, 3.63) is 25.3 Å². The fourth-order valence-corrected chi connectivity index (χ4v) is 1.79. The van der Waals surface area contributed by atoms with Gasteiger partial charge in [0, 0.05) is 25.7 Å². The van der Waals surface area contributed by atoms with Gasteiger partial charge in [-0.15, -0.1) is 13.2 Å². The van der Waals surface area contributed by atoms with Gasteiger partial charge in [-0.05, 0) is 20.5 Å². The predicted octanol–water partition coefficient (Wildman–Crippen LogP) is 2.39. The van der Waals surface area contributed by atoms with E-state index in [1.807, 2.05) is 12.2 Å². The van der Waals surface area contributed by atoms with Gasteiger partial charge in [0.25, 0.3) is 0 Å². The molecule has 0 aliphatic heterocycles. The third-order valence-corrected chi connectivity index (χ3v) is 2.63. The van der Waals surface area contributed by atoms with Crippen molar-refractivity contribution < 1.29 is 0 Å². The molecule has 0 bridgehead atoms. The van der Waals surface area contributed by atoms with Gasteiger partial charge in [-0.1, -0.05) is 25.5 Å². The molecule has 0 heterocycles. The van der Waals surface area contributed by atoms with Gasteiger partial charge in [0.1, 0.15) is 0 Å². The predicted molar refractivity (Wildman–Crippen MR) is 69.2 cm³/mol. The molecule has 1 unspecified atom stereocenters. The van der Waals surface area contributed by atoms with Gasteiger partial charge < -0.3 is 4.90 Å². The summed E-state index contributed by atoms with van der Waals surface area (Å²) in [4.78, 5) is 4.68. The van der Waals surface area contributed by atoms with Crippen molar-refractivity contribution in [3.63, 3.8) is 0 Å². The standard InChI is InChI=1S/C13H26N2/c1-6-9-13(15(5)11-8-3)12-14(4)10-7-2/h7-8,13H,2-3,6,9-12H2,1,4-5H3. The molecule has 0 aromatic carbocycles. The molecule has 88 valence electrons. The first-order chi connectivity index (χ1) is 7.15. The van der Waals surface area contributed by atoms with Crippen LogP contribution in [0, 0.1) is 0 Å². The first-order valence-corrected chi connectivity index (χ1v) is 5.76. The van der Waals surface area contributed by atoms with Crippen LogP contribution in [0.1, 0.15) is 19.8 Å². The Labute approximate surface area is 95.3 Å². The van der Waals surface area contributed by atoms with Crippen molar-refractivity contribution in [1.82, 2.24) is 9.80 Å². The van der Waals surface area contributed by atoms with Gasteiger partial charge in [0.15, 0.2) is 0 Å². The van der Waals surface area contributed by atoms with Crippen LogP contribution in [-0.4, -0.2) is 49.6 Å². The minimum Gasteiger partial charge on any atom is -0.301 e. The van der Waals surface area contributed by atoms with Gasteiger partial charge in [0.2, 0.25) is 0 Å². The zero-order chi connectivity index (χ0) is 11.7. The maximum absolute atomic E-state index is 3.79. The molecule has 0 saturated heterocycles. The smallest absolute Gasteiger partial charge is 0.0223 e. The summed E-state index contributed by atoms with van der Waals surface area (Å²) in [6, 6.07) is 0.623. The van der Waals surface area contributed by atoms with Crippen molar-refractivity contribution in [2.45, 2.75) is 25.8 Å². The zero-order valence-corrected chi connectivity index (χ0v) is 10.6. The molecule has 0 rings (SSSR count). The van der Waals surface area contributed by atoms with E-state index in [2.05, 4.69) is 44.0 Å². The summed E-state index contributed by atoms with van der Waals surface area (Å²) >= 11 is 0. The molecule has 0 fully saturated rings. The topological polar surface area (TPSA) is 6.48 Å². The number of nitrogens with zero attached hydrogens (tertiary/aromatic N) is 2. The molecule has 0 aliphatic carbocycles. The van der Waals surface area contributed by atoms with E-state index in [1.54, 1.807) is 0 Å². The molecule has 2 heteroatoms. The molecule has 0 spiro atoms. The highest BCUT2D eigenvalue weighted by Gasteiger charge is 2.14. The van der Waals surface area contributed by atoms with E-state index in [-0.39, 0.29) is 0 Å². The largest absolute Gasteiger partial charge is 0.301 e. The number of rotatable bonds is 9. The lowest BCUT2D eigenvalue weighted by Crippen LogP contribution is -2.40. The Morgan fingerprint density at radius 2 is 1.73 bits per heavy atom. The molecule has 2 nitrogen and oxygen atoms in total. The van der Waals surface area contributed by atoms with Crippen LogP contribution in [0.25, 0.3) is 0 Å². The molecule has 0 saturated carbocycles. The molecule has 0 aromatic rings. The summed E-state index contributed by atoms with van der Waals surface area (Å²) in [5.41, 5.74) is 0. The van der Waals surface area contributed by atoms with Crippen molar-refractivity contribution in [1.29, 1.82) is 0 Å².